The predicted molar refractivity (Wildman–Crippen MR) is 73.0 cm³/mol. The molecule has 0 aliphatic heterocycles. The molecule has 0 radical (unpaired) electrons. The number of rotatable bonds is 1. The third-order valence-electron chi connectivity index (χ3n) is 1.98. The molecule has 1 rings (SSSR count). The minimum Gasteiger partial charge on any atom is -0.465 e. The number of hydrogen-bond acceptors (Lipinski definition) is 2. The van der Waals surface area contributed by atoms with Crippen molar-refractivity contribution >= 4 is 25.6 Å². The van der Waals surface area contributed by atoms with E-state index in [-0.39, 0.29) is 0 Å². The second-order valence-corrected chi connectivity index (χ2v) is 9.79. The van der Waals surface area contributed by atoms with Crippen LogP contribution in [0.3, 0.4) is 0 Å². The molecule has 0 N–H and O–H groups in total. The van der Waals surface area contributed by atoms with Gasteiger partial charge >= 0.3 is 5.97 Å². The molecule has 4 heteroatoms. The molecule has 0 bridgehead atoms. The van der Waals surface area contributed by atoms with Crippen molar-refractivity contribution in [3.63, 3.8) is 0 Å². The molecule has 2 nitrogen and oxygen atoms in total. The number of benzene rings is 1. The molecule has 1 aromatic rings. The van der Waals surface area contributed by atoms with Crippen molar-refractivity contribution in [1.29, 1.82) is 0 Å². The summed E-state index contributed by atoms with van der Waals surface area (Å²) in [5.41, 5.74) is 4.25. The van der Waals surface area contributed by atoms with Gasteiger partial charge in [-0.3, -0.25) is 0 Å². The van der Waals surface area contributed by atoms with Crippen LogP contribution in [0.5, 0.6) is 0 Å². The Balaban J connectivity index is 3.19. The molecule has 0 spiro atoms. The number of carbonyl (C=O) groups is 1. The number of hydrogen-bond donors (Lipinski definition) is 0. The first-order valence-electron chi connectivity index (χ1n) is 5.25. The van der Waals surface area contributed by atoms with Crippen molar-refractivity contribution < 1.29 is 9.53 Å². The molecule has 0 aromatic heterocycles. The van der Waals surface area contributed by atoms with E-state index in [0.717, 1.165) is 0 Å². The highest BCUT2D eigenvalue weighted by Crippen LogP contribution is 2.21. The van der Waals surface area contributed by atoms with Crippen LogP contribution in [-0.4, -0.2) is 21.2 Å². The van der Waals surface area contributed by atoms with Crippen molar-refractivity contribution in [1.82, 2.24) is 0 Å². The van der Waals surface area contributed by atoms with E-state index >= 15 is 0 Å². The first-order valence-corrected chi connectivity index (χ1v) is 9.13. The van der Waals surface area contributed by atoms with Gasteiger partial charge in [0.05, 0.1) is 17.7 Å². The summed E-state index contributed by atoms with van der Waals surface area (Å²) in [5, 5.41) is 0.366. The maximum Gasteiger partial charge on any atom is 0.339 e. The summed E-state index contributed by atoms with van der Waals surface area (Å²) >= 11 is 6.12. The Hall–Kier alpha value is -1.24. The standard InChI is InChI=1S/C13H15ClO2Si/c1-16-13(15)11-7-5-6-10(12(11)14)8-9-17(2,3)4/h5-7H,1-4H3. The van der Waals surface area contributed by atoms with Crippen LogP contribution in [0.15, 0.2) is 18.2 Å². The molecule has 1 aromatic carbocycles. The lowest BCUT2D eigenvalue weighted by Gasteiger charge is -2.06. The van der Waals surface area contributed by atoms with Crippen LogP contribution in [0.2, 0.25) is 24.7 Å². The SMILES string of the molecule is COC(=O)c1cccc(C#C[Si](C)(C)C)c1Cl. The quantitative estimate of drug-likeness (QED) is 0.443. The van der Waals surface area contributed by atoms with E-state index in [9.17, 15) is 4.79 Å². The van der Waals surface area contributed by atoms with Crippen molar-refractivity contribution in [3.05, 3.63) is 34.3 Å². The zero-order chi connectivity index (χ0) is 13.1. The van der Waals surface area contributed by atoms with Crippen molar-refractivity contribution in [2.45, 2.75) is 19.6 Å². The fraction of sp³-hybridized carbons (Fsp3) is 0.308. The second kappa shape index (κ2) is 5.39. The maximum atomic E-state index is 11.4. The summed E-state index contributed by atoms with van der Waals surface area (Å²) in [6, 6.07) is 5.20. The van der Waals surface area contributed by atoms with Gasteiger partial charge in [-0.05, 0) is 12.1 Å². The van der Waals surface area contributed by atoms with Gasteiger partial charge in [0.1, 0.15) is 8.07 Å². The van der Waals surface area contributed by atoms with Gasteiger partial charge in [-0.2, -0.15) is 0 Å². The minimum atomic E-state index is -1.45. The van der Waals surface area contributed by atoms with E-state index in [2.05, 4.69) is 35.8 Å². The van der Waals surface area contributed by atoms with Gasteiger partial charge in [-0.1, -0.05) is 43.2 Å². The molecule has 0 saturated carbocycles. The lowest BCUT2D eigenvalue weighted by molar-refractivity contribution is 0.0601. The molecule has 0 amide bonds. The van der Waals surface area contributed by atoms with Crippen LogP contribution < -0.4 is 0 Å². The van der Waals surface area contributed by atoms with E-state index in [1.54, 1.807) is 12.1 Å². The van der Waals surface area contributed by atoms with Crippen molar-refractivity contribution in [2.24, 2.45) is 0 Å². The van der Waals surface area contributed by atoms with Gasteiger partial charge in [0, 0.05) is 5.56 Å². The first-order chi connectivity index (χ1) is 7.85. The van der Waals surface area contributed by atoms with Gasteiger partial charge in [0.15, 0.2) is 0 Å². The van der Waals surface area contributed by atoms with Crippen LogP contribution in [-0.2, 0) is 4.74 Å². The molecule has 0 fully saturated rings. The number of carbonyl (C=O) groups excluding carboxylic acids is 1. The molecule has 0 aliphatic rings. The molecule has 0 atom stereocenters. The molecular formula is C13H15ClO2Si. The summed E-state index contributed by atoms with van der Waals surface area (Å²) in [5.74, 6) is 2.61. The molecule has 0 unspecified atom stereocenters. The highest BCUT2D eigenvalue weighted by molar-refractivity contribution is 6.83. The third kappa shape index (κ3) is 3.92. The summed E-state index contributed by atoms with van der Waals surface area (Å²) < 4.78 is 4.65. The molecule has 0 saturated heterocycles. The lowest BCUT2D eigenvalue weighted by atomic mass is 10.1. The summed E-state index contributed by atoms with van der Waals surface area (Å²) in [6.07, 6.45) is 0. The van der Waals surface area contributed by atoms with Crippen LogP contribution in [0.1, 0.15) is 15.9 Å². The van der Waals surface area contributed by atoms with E-state index < -0.39 is 14.0 Å². The molecule has 0 heterocycles. The van der Waals surface area contributed by atoms with Crippen LogP contribution >= 0.6 is 11.6 Å². The van der Waals surface area contributed by atoms with E-state index in [1.807, 2.05) is 6.07 Å². The third-order valence-corrected chi connectivity index (χ3v) is 3.26. The van der Waals surface area contributed by atoms with Crippen LogP contribution in [0.4, 0.5) is 0 Å². The van der Waals surface area contributed by atoms with Crippen molar-refractivity contribution in [2.75, 3.05) is 7.11 Å². The average Bonchev–Trinajstić information content (AvgIpc) is 2.25. The van der Waals surface area contributed by atoms with Gasteiger partial charge in [0.2, 0.25) is 0 Å². The lowest BCUT2D eigenvalue weighted by Crippen LogP contribution is -2.16. The number of halogens is 1. The highest BCUT2D eigenvalue weighted by atomic mass is 35.5. The smallest absolute Gasteiger partial charge is 0.339 e. The monoisotopic (exact) mass is 266 g/mol. The second-order valence-electron chi connectivity index (χ2n) is 4.66. The Morgan fingerprint density at radius 1 is 1.35 bits per heavy atom. The van der Waals surface area contributed by atoms with Gasteiger partial charge in [-0.25, -0.2) is 4.79 Å². The molecular weight excluding hydrogens is 252 g/mol. The fourth-order valence-corrected chi connectivity index (χ4v) is 1.91. The topological polar surface area (TPSA) is 26.3 Å². The van der Waals surface area contributed by atoms with Crippen LogP contribution in [0.25, 0.3) is 0 Å². The zero-order valence-corrected chi connectivity index (χ0v) is 12.2. The Morgan fingerprint density at radius 3 is 2.53 bits per heavy atom. The minimum absolute atomic E-state index is 0.358. The van der Waals surface area contributed by atoms with Gasteiger partial charge in [0.25, 0.3) is 0 Å². The van der Waals surface area contributed by atoms with Gasteiger partial charge < -0.3 is 4.74 Å². The maximum absolute atomic E-state index is 11.4. The normalized spacial score (nSPS) is 10.4. The Kier molecular flexibility index (Phi) is 4.38. The largest absolute Gasteiger partial charge is 0.465 e. The zero-order valence-electron chi connectivity index (χ0n) is 10.4. The summed E-state index contributed by atoms with van der Waals surface area (Å²) in [6.45, 7) is 6.45. The van der Waals surface area contributed by atoms with E-state index in [4.69, 9.17) is 11.6 Å². The Labute approximate surface area is 108 Å². The van der Waals surface area contributed by atoms with Crippen LogP contribution in [0, 0.1) is 11.5 Å². The Bertz CT molecular complexity index is 492. The molecule has 90 valence electrons. The van der Waals surface area contributed by atoms with E-state index in [1.165, 1.54) is 7.11 Å². The van der Waals surface area contributed by atoms with E-state index in [0.29, 0.717) is 16.1 Å². The average molecular weight is 267 g/mol. The summed E-state index contributed by atoms with van der Waals surface area (Å²) in [7, 11) is -0.119. The van der Waals surface area contributed by atoms with Crippen molar-refractivity contribution in [3.8, 4) is 11.5 Å². The number of ether oxygens (including phenoxy) is 1. The fourth-order valence-electron chi connectivity index (χ4n) is 1.15. The highest BCUT2D eigenvalue weighted by Gasteiger charge is 2.13. The molecule has 17 heavy (non-hydrogen) atoms. The molecule has 0 aliphatic carbocycles. The Morgan fingerprint density at radius 2 is 2.00 bits per heavy atom. The predicted octanol–water partition coefficient (Wildman–Crippen LogP) is 3.36. The number of esters is 1. The number of methoxy groups -OCH3 is 1. The summed E-state index contributed by atoms with van der Waals surface area (Å²) in [4.78, 5) is 11.4. The first kappa shape index (κ1) is 13.8. The van der Waals surface area contributed by atoms with Gasteiger partial charge in [-0.15, -0.1) is 5.54 Å².